The maximum absolute atomic E-state index is 12.0. The number of ether oxygens (including phenoxy) is 2. The van der Waals surface area contributed by atoms with Crippen LogP contribution in [0.15, 0.2) is 0 Å². The van der Waals surface area contributed by atoms with Crippen LogP contribution in [0.2, 0.25) is 0 Å². The van der Waals surface area contributed by atoms with Gasteiger partial charge in [0, 0.05) is 32.8 Å². The highest BCUT2D eigenvalue weighted by Gasteiger charge is 2.29. The number of carbonyl (C=O) groups excluding carboxylic acids is 1. The molecule has 2 aliphatic rings. The molecule has 0 amide bonds. The van der Waals surface area contributed by atoms with Gasteiger partial charge in [-0.15, -0.1) is 0 Å². The van der Waals surface area contributed by atoms with Gasteiger partial charge in [-0.3, -0.25) is 4.79 Å². The zero-order valence-corrected chi connectivity index (χ0v) is 12.8. The molecule has 0 aromatic heterocycles. The highest BCUT2D eigenvalue weighted by molar-refractivity contribution is 5.75. The maximum Gasteiger partial charge on any atom is 0.323 e. The highest BCUT2D eigenvalue weighted by Crippen LogP contribution is 2.21. The predicted octanol–water partition coefficient (Wildman–Crippen LogP) is 1.17. The molecule has 5 nitrogen and oxygen atoms in total. The van der Waals surface area contributed by atoms with Crippen LogP contribution in [0.1, 0.15) is 39.0 Å². The van der Waals surface area contributed by atoms with Crippen LogP contribution in [-0.2, 0) is 14.3 Å². The van der Waals surface area contributed by atoms with Crippen molar-refractivity contribution in [3.63, 3.8) is 0 Å². The van der Waals surface area contributed by atoms with Crippen LogP contribution in [-0.4, -0.2) is 62.4 Å². The zero-order chi connectivity index (χ0) is 14.4. The van der Waals surface area contributed by atoms with E-state index in [0.29, 0.717) is 18.8 Å². The number of nitrogens with zero attached hydrogens (tertiary/aromatic N) is 1. The monoisotopic (exact) mass is 284 g/mol. The highest BCUT2D eigenvalue weighted by atomic mass is 16.5. The number of carbonyl (C=O) groups is 1. The lowest BCUT2D eigenvalue weighted by molar-refractivity contribution is -0.146. The summed E-state index contributed by atoms with van der Waals surface area (Å²) in [4.78, 5) is 14.4. The van der Waals surface area contributed by atoms with Gasteiger partial charge in [-0.2, -0.15) is 0 Å². The van der Waals surface area contributed by atoms with Crippen LogP contribution >= 0.6 is 0 Å². The fraction of sp³-hybridized carbons (Fsp3) is 0.933. The largest absolute Gasteiger partial charge is 0.465 e. The Balaban J connectivity index is 1.72. The summed E-state index contributed by atoms with van der Waals surface area (Å²) in [6, 6.07) is 0.395. The van der Waals surface area contributed by atoms with Gasteiger partial charge in [0.05, 0.1) is 12.7 Å². The van der Waals surface area contributed by atoms with Gasteiger partial charge in [-0.1, -0.05) is 0 Å². The molecule has 1 saturated carbocycles. The Labute approximate surface area is 122 Å². The third-order valence-corrected chi connectivity index (χ3v) is 4.19. The first-order chi connectivity index (χ1) is 9.72. The van der Waals surface area contributed by atoms with Gasteiger partial charge in [-0.25, -0.2) is 0 Å². The van der Waals surface area contributed by atoms with Gasteiger partial charge in [0.2, 0.25) is 0 Å². The van der Waals surface area contributed by atoms with Crippen molar-refractivity contribution in [3.8, 4) is 0 Å². The van der Waals surface area contributed by atoms with Crippen molar-refractivity contribution in [3.05, 3.63) is 0 Å². The summed E-state index contributed by atoms with van der Waals surface area (Å²) in [6.07, 6.45) is 5.82. The fourth-order valence-electron chi connectivity index (χ4n) is 2.73. The number of hydrogen-bond donors (Lipinski definition) is 1. The summed E-state index contributed by atoms with van der Waals surface area (Å²) in [5.74, 6) is -0.0915. The van der Waals surface area contributed by atoms with Crippen LogP contribution in [0.25, 0.3) is 0 Å². The molecule has 1 saturated heterocycles. The summed E-state index contributed by atoms with van der Waals surface area (Å²) < 4.78 is 10.6. The molecule has 1 N–H and O–H groups in total. The Morgan fingerprint density at radius 2 is 2.00 bits per heavy atom. The van der Waals surface area contributed by atoms with Gasteiger partial charge in [-0.05, 0) is 39.0 Å². The van der Waals surface area contributed by atoms with Crippen molar-refractivity contribution < 1.29 is 14.3 Å². The number of nitrogens with one attached hydrogen (secondary N) is 1. The third-order valence-electron chi connectivity index (χ3n) is 4.19. The second kappa shape index (κ2) is 7.96. The molecule has 5 heteroatoms. The van der Waals surface area contributed by atoms with Gasteiger partial charge in [0.25, 0.3) is 0 Å². The average Bonchev–Trinajstić information content (AvgIpc) is 3.28. The van der Waals surface area contributed by atoms with Gasteiger partial charge in [0.15, 0.2) is 0 Å². The normalized spacial score (nSPS) is 22.7. The van der Waals surface area contributed by atoms with E-state index in [1.165, 1.54) is 12.8 Å². The predicted molar refractivity (Wildman–Crippen MR) is 77.7 cm³/mol. The summed E-state index contributed by atoms with van der Waals surface area (Å²) in [7, 11) is 1.79. The Morgan fingerprint density at radius 1 is 1.30 bits per heavy atom. The molecular formula is C15H28N2O3. The van der Waals surface area contributed by atoms with Gasteiger partial charge < -0.3 is 19.7 Å². The molecule has 1 atom stereocenters. The minimum Gasteiger partial charge on any atom is -0.465 e. The standard InChI is InChI=1S/C15H28N2O3/c1-3-20-15(18)14(16-12-4-5-12)8-11-17-9-6-13(19-2)7-10-17/h12-14,16H,3-11H2,1-2H3. The molecule has 2 fully saturated rings. The van der Waals surface area contributed by atoms with Crippen LogP contribution in [0.3, 0.4) is 0 Å². The van der Waals surface area contributed by atoms with E-state index in [1.807, 2.05) is 6.92 Å². The van der Waals surface area contributed by atoms with Gasteiger partial charge in [0.1, 0.15) is 6.04 Å². The van der Waals surface area contributed by atoms with Crippen molar-refractivity contribution in [2.45, 2.75) is 57.2 Å². The molecule has 0 spiro atoms. The minimum absolute atomic E-state index is 0.0915. The van der Waals surface area contributed by atoms with Crippen LogP contribution in [0, 0.1) is 0 Å². The van der Waals surface area contributed by atoms with Crippen molar-refractivity contribution in [2.75, 3.05) is 33.4 Å². The van der Waals surface area contributed by atoms with Crippen LogP contribution in [0.5, 0.6) is 0 Å². The number of piperidine rings is 1. The zero-order valence-electron chi connectivity index (χ0n) is 12.8. The van der Waals surface area contributed by atoms with E-state index in [2.05, 4.69) is 10.2 Å². The molecule has 1 aliphatic carbocycles. The second-order valence-electron chi connectivity index (χ2n) is 5.81. The van der Waals surface area contributed by atoms with Crippen LogP contribution < -0.4 is 5.32 Å². The smallest absolute Gasteiger partial charge is 0.323 e. The minimum atomic E-state index is -0.136. The topological polar surface area (TPSA) is 50.8 Å². The molecule has 1 unspecified atom stereocenters. The van der Waals surface area contributed by atoms with Gasteiger partial charge >= 0.3 is 5.97 Å². The Bertz CT molecular complexity index is 299. The molecule has 0 radical (unpaired) electrons. The molecule has 1 heterocycles. The molecular weight excluding hydrogens is 256 g/mol. The number of rotatable bonds is 8. The lowest BCUT2D eigenvalue weighted by Crippen LogP contribution is -2.44. The average molecular weight is 284 g/mol. The van der Waals surface area contributed by atoms with Crippen molar-refractivity contribution in [1.29, 1.82) is 0 Å². The summed E-state index contributed by atoms with van der Waals surface area (Å²) in [5, 5.41) is 3.41. The Morgan fingerprint density at radius 3 is 2.55 bits per heavy atom. The van der Waals surface area contributed by atoms with E-state index in [-0.39, 0.29) is 12.0 Å². The number of esters is 1. The molecule has 0 aromatic carbocycles. The quantitative estimate of drug-likeness (QED) is 0.678. The summed E-state index contributed by atoms with van der Waals surface area (Å²) in [6.45, 7) is 5.41. The lowest BCUT2D eigenvalue weighted by Gasteiger charge is -2.32. The Hall–Kier alpha value is -0.650. The molecule has 2 rings (SSSR count). The van der Waals surface area contributed by atoms with E-state index in [9.17, 15) is 4.79 Å². The molecule has 116 valence electrons. The van der Waals surface area contributed by atoms with E-state index in [1.54, 1.807) is 7.11 Å². The third kappa shape index (κ3) is 5.04. The van der Waals surface area contributed by atoms with Crippen molar-refractivity contribution >= 4 is 5.97 Å². The molecule has 20 heavy (non-hydrogen) atoms. The molecule has 0 bridgehead atoms. The first kappa shape index (κ1) is 15.7. The first-order valence-corrected chi connectivity index (χ1v) is 7.90. The maximum atomic E-state index is 12.0. The number of methoxy groups -OCH3 is 1. The van der Waals surface area contributed by atoms with Crippen LogP contribution in [0.4, 0.5) is 0 Å². The first-order valence-electron chi connectivity index (χ1n) is 7.90. The summed E-state index contributed by atoms with van der Waals surface area (Å²) >= 11 is 0. The summed E-state index contributed by atoms with van der Waals surface area (Å²) in [5.41, 5.74) is 0. The lowest BCUT2D eigenvalue weighted by atomic mass is 10.1. The van der Waals surface area contributed by atoms with Crippen molar-refractivity contribution in [1.82, 2.24) is 10.2 Å². The number of hydrogen-bond acceptors (Lipinski definition) is 5. The van der Waals surface area contributed by atoms with E-state index in [0.717, 1.165) is 38.9 Å². The molecule has 0 aromatic rings. The Kier molecular flexibility index (Phi) is 6.26. The second-order valence-corrected chi connectivity index (χ2v) is 5.81. The van der Waals surface area contributed by atoms with Crippen molar-refractivity contribution in [2.24, 2.45) is 0 Å². The SMILES string of the molecule is CCOC(=O)C(CCN1CCC(OC)CC1)NC1CC1. The number of likely N-dealkylation sites (tertiary alicyclic amines) is 1. The van der Waals surface area contributed by atoms with E-state index in [4.69, 9.17) is 9.47 Å². The van der Waals surface area contributed by atoms with E-state index < -0.39 is 0 Å². The molecule has 1 aliphatic heterocycles. The fourth-order valence-corrected chi connectivity index (χ4v) is 2.73. The van der Waals surface area contributed by atoms with E-state index >= 15 is 0 Å².